The molecule has 0 aliphatic rings. The molecular formula is C19H27N5O4. The molecule has 0 aliphatic heterocycles. The van der Waals surface area contributed by atoms with Crippen LogP contribution in [0.3, 0.4) is 0 Å². The quantitative estimate of drug-likeness (QED) is 0.467. The predicted molar refractivity (Wildman–Crippen MR) is 107 cm³/mol. The maximum absolute atomic E-state index is 12.6. The Hall–Kier alpha value is -2.75. The van der Waals surface area contributed by atoms with Crippen molar-refractivity contribution in [2.24, 2.45) is 5.73 Å². The minimum absolute atomic E-state index is 0.256. The lowest BCUT2D eigenvalue weighted by molar-refractivity contribution is 0.0548. The van der Waals surface area contributed by atoms with E-state index in [2.05, 4.69) is 20.8 Å². The number of anilines is 2. The standard InChI is InChI=1S/C19H27N5O4/c1-14-15(19(25)22-17-6-7-18(26-2)24-23-17)4-3-5-16(14)21-9-11-28-13-12-27-10-8-20/h3-7,21H,8-13,20H2,1-2H3,(H,22,23,25). The van der Waals surface area contributed by atoms with Gasteiger partial charge in [0.1, 0.15) is 0 Å². The Balaban J connectivity index is 1.84. The smallest absolute Gasteiger partial charge is 0.257 e. The number of nitrogens with one attached hydrogen (secondary N) is 2. The van der Waals surface area contributed by atoms with E-state index < -0.39 is 0 Å². The van der Waals surface area contributed by atoms with Crippen molar-refractivity contribution in [3.8, 4) is 5.88 Å². The van der Waals surface area contributed by atoms with Crippen LogP contribution in [-0.2, 0) is 9.47 Å². The molecule has 28 heavy (non-hydrogen) atoms. The lowest BCUT2D eigenvalue weighted by Gasteiger charge is -2.13. The van der Waals surface area contributed by atoms with E-state index in [-0.39, 0.29) is 5.91 Å². The number of ether oxygens (including phenoxy) is 3. The fourth-order valence-corrected chi connectivity index (χ4v) is 2.42. The van der Waals surface area contributed by atoms with E-state index in [0.717, 1.165) is 11.3 Å². The molecular weight excluding hydrogens is 362 g/mol. The van der Waals surface area contributed by atoms with Crippen LogP contribution in [0.5, 0.6) is 5.88 Å². The second-order valence-corrected chi connectivity index (χ2v) is 5.83. The summed E-state index contributed by atoms with van der Waals surface area (Å²) < 4.78 is 15.7. The Bertz CT molecular complexity index is 740. The van der Waals surface area contributed by atoms with Crippen molar-refractivity contribution >= 4 is 17.4 Å². The third-order valence-electron chi connectivity index (χ3n) is 3.87. The molecule has 9 nitrogen and oxygen atoms in total. The fraction of sp³-hybridized carbons (Fsp3) is 0.421. The van der Waals surface area contributed by atoms with E-state index in [1.807, 2.05) is 19.1 Å². The molecule has 0 bridgehead atoms. The first-order chi connectivity index (χ1) is 13.7. The number of benzene rings is 1. The van der Waals surface area contributed by atoms with Crippen molar-refractivity contribution in [2.75, 3.05) is 57.3 Å². The van der Waals surface area contributed by atoms with Crippen molar-refractivity contribution in [1.29, 1.82) is 0 Å². The molecule has 0 spiro atoms. The summed E-state index contributed by atoms with van der Waals surface area (Å²) >= 11 is 0. The summed E-state index contributed by atoms with van der Waals surface area (Å²) in [6.45, 7) is 5.13. The van der Waals surface area contributed by atoms with Crippen LogP contribution in [0.15, 0.2) is 30.3 Å². The van der Waals surface area contributed by atoms with Crippen LogP contribution in [0.1, 0.15) is 15.9 Å². The molecule has 2 rings (SSSR count). The van der Waals surface area contributed by atoms with Crippen LogP contribution in [0.2, 0.25) is 0 Å². The van der Waals surface area contributed by atoms with Crippen molar-refractivity contribution in [3.63, 3.8) is 0 Å². The maximum atomic E-state index is 12.6. The Morgan fingerprint density at radius 3 is 2.54 bits per heavy atom. The largest absolute Gasteiger partial charge is 0.480 e. The molecule has 0 radical (unpaired) electrons. The van der Waals surface area contributed by atoms with Gasteiger partial charge in [0, 0.05) is 30.4 Å². The molecule has 1 aromatic carbocycles. The molecule has 152 valence electrons. The highest BCUT2D eigenvalue weighted by atomic mass is 16.5. The molecule has 9 heteroatoms. The molecule has 0 saturated carbocycles. The highest BCUT2D eigenvalue weighted by Crippen LogP contribution is 2.20. The summed E-state index contributed by atoms with van der Waals surface area (Å²) in [6, 6.07) is 8.78. The van der Waals surface area contributed by atoms with E-state index in [1.54, 1.807) is 18.2 Å². The molecule has 2 aromatic rings. The lowest BCUT2D eigenvalue weighted by atomic mass is 10.1. The van der Waals surface area contributed by atoms with E-state index in [4.69, 9.17) is 19.9 Å². The van der Waals surface area contributed by atoms with Crippen molar-refractivity contribution in [1.82, 2.24) is 10.2 Å². The van der Waals surface area contributed by atoms with Gasteiger partial charge in [-0.3, -0.25) is 4.79 Å². The molecule has 0 unspecified atom stereocenters. The normalized spacial score (nSPS) is 10.5. The topological polar surface area (TPSA) is 121 Å². The number of hydrogen-bond acceptors (Lipinski definition) is 8. The zero-order valence-corrected chi connectivity index (χ0v) is 16.2. The third-order valence-corrected chi connectivity index (χ3v) is 3.87. The number of nitrogens with zero attached hydrogens (tertiary/aromatic N) is 2. The number of carbonyl (C=O) groups is 1. The molecule has 4 N–H and O–H groups in total. The Labute approximate surface area is 164 Å². The van der Waals surface area contributed by atoms with Gasteiger partial charge in [-0.15, -0.1) is 10.2 Å². The van der Waals surface area contributed by atoms with Gasteiger partial charge in [-0.05, 0) is 30.7 Å². The number of carbonyl (C=O) groups excluding carboxylic acids is 1. The van der Waals surface area contributed by atoms with Crippen LogP contribution in [0, 0.1) is 6.92 Å². The predicted octanol–water partition coefficient (Wildman–Crippen LogP) is 1.45. The minimum Gasteiger partial charge on any atom is -0.480 e. The van der Waals surface area contributed by atoms with Crippen LogP contribution in [-0.4, -0.2) is 62.7 Å². The second kappa shape index (κ2) is 11.9. The first-order valence-electron chi connectivity index (χ1n) is 9.03. The molecule has 0 fully saturated rings. The number of nitrogens with two attached hydrogens (primary N) is 1. The summed E-state index contributed by atoms with van der Waals surface area (Å²) in [7, 11) is 1.50. The average molecular weight is 389 g/mol. The summed E-state index contributed by atoms with van der Waals surface area (Å²) in [5.74, 6) is 0.483. The second-order valence-electron chi connectivity index (χ2n) is 5.83. The maximum Gasteiger partial charge on any atom is 0.257 e. The number of amides is 1. The van der Waals surface area contributed by atoms with Crippen LogP contribution in [0.25, 0.3) is 0 Å². The van der Waals surface area contributed by atoms with Gasteiger partial charge in [0.25, 0.3) is 5.91 Å². The fourth-order valence-electron chi connectivity index (χ4n) is 2.42. The van der Waals surface area contributed by atoms with Gasteiger partial charge in [0.2, 0.25) is 5.88 Å². The number of hydrogen-bond donors (Lipinski definition) is 3. The van der Waals surface area contributed by atoms with E-state index >= 15 is 0 Å². The summed E-state index contributed by atoms with van der Waals surface area (Å²) in [4.78, 5) is 12.6. The van der Waals surface area contributed by atoms with Gasteiger partial charge in [-0.25, -0.2) is 0 Å². The highest BCUT2D eigenvalue weighted by molar-refractivity contribution is 6.05. The molecule has 1 amide bonds. The van der Waals surface area contributed by atoms with E-state index in [9.17, 15) is 4.79 Å². The Morgan fingerprint density at radius 2 is 1.86 bits per heavy atom. The highest BCUT2D eigenvalue weighted by Gasteiger charge is 2.12. The minimum atomic E-state index is -0.256. The lowest BCUT2D eigenvalue weighted by Crippen LogP contribution is -2.17. The Morgan fingerprint density at radius 1 is 1.07 bits per heavy atom. The van der Waals surface area contributed by atoms with Gasteiger partial charge in [-0.2, -0.15) is 0 Å². The average Bonchev–Trinajstić information content (AvgIpc) is 2.71. The van der Waals surface area contributed by atoms with E-state index in [0.29, 0.717) is 56.8 Å². The first-order valence-corrected chi connectivity index (χ1v) is 9.03. The summed E-state index contributed by atoms with van der Waals surface area (Å²) in [6.07, 6.45) is 0. The number of rotatable bonds is 12. The SMILES string of the molecule is COc1ccc(NC(=O)c2cccc(NCCOCCOCCN)c2C)nn1. The van der Waals surface area contributed by atoms with Gasteiger partial charge in [0.15, 0.2) is 5.82 Å². The Kier molecular flexibility index (Phi) is 9.13. The number of aromatic nitrogens is 2. The summed E-state index contributed by atoms with van der Waals surface area (Å²) in [5.41, 5.74) is 7.61. The van der Waals surface area contributed by atoms with Gasteiger partial charge >= 0.3 is 0 Å². The summed E-state index contributed by atoms with van der Waals surface area (Å²) in [5, 5.41) is 13.8. The van der Waals surface area contributed by atoms with Gasteiger partial charge in [0.05, 0.1) is 33.5 Å². The van der Waals surface area contributed by atoms with Crippen LogP contribution >= 0.6 is 0 Å². The van der Waals surface area contributed by atoms with Gasteiger partial charge in [-0.1, -0.05) is 6.07 Å². The monoisotopic (exact) mass is 389 g/mol. The third kappa shape index (κ3) is 6.76. The molecule has 0 atom stereocenters. The molecule has 0 saturated heterocycles. The molecule has 1 heterocycles. The molecule has 0 aliphatic carbocycles. The number of methoxy groups -OCH3 is 1. The zero-order chi connectivity index (χ0) is 20.2. The van der Waals surface area contributed by atoms with Crippen molar-refractivity contribution < 1.29 is 19.0 Å². The van der Waals surface area contributed by atoms with Crippen LogP contribution < -0.4 is 21.1 Å². The van der Waals surface area contributed by atoms with Gasteiger partial charge < -0.3 is 30.6 Å². The zero-order valence-electron chi connectivity index (χ0n) is 16.2. The van der Waals surface area contributed by atoms with E-state index in [1.165, 1.54) is 7.11 Å². The van der Waals surface area contributed by atoms with Crippen LogP contribution in [0.4, 0.5) is 11.5 Å². The first kappa shape index (κ1) is 21.5. The molecule has 1 aromatic heterocycles. The van der Waals surface area contributed by atoms with Crippen molar-refractivity contribution in [3.05, 3.63) is 41.5 Å². The van der Waals surface area contributed by atoms with Crippen molar-refractivity contribution in [2.45, 2.75) is 6.92 Å².